The van der Waals surface area contributed by atoms with Gasteiger partial charge >= 0.3 is 17.9 Å². The van der Waals surface area contributed by atoms with Gasteiger partial charge in [0.1, 0.15) is 0 Å². The Kier molecular flexibility index (Phi) is 11.5. The van der Waals surface area contributed by atoms with Crippen molar-refractivity contribution in [1.29, 1.82) is 0 Å². The molecule has 150 valence electrons. The first-order valence-corrected chi connectivity index (χ1v) is 8.33. The number of methoxy groups -OCH3 is 1. The van der Waals surface area contributed by atoms with Gasteiger partial charge in [-0.25, -0.2) is 9.59 Å². The number of rotatable bonds is 6. The first-order chi connectivity index (χ1) is 11.6. The van der Waals surface area contributed by atoms with Gasteiger partial charge in [-0.1, -0.05) is 54.7 Å². The van der Waals surface area contributed by atoms with E-state index in [1.165, 1.54) is 7.11 Å². The highest BCUT2D eigenvalue weighted by Gasteiger charge is 2.19. The van der Waals surface area contributed by atoms with Crippen molar-refractivity contribution >= 4 is 17.9 Å². The van der Waals surface area contributed by atoms with Crippen molar-refractivity contribution in [1.82, 2.24) is 0 Å². The van der Waals surface area contributed by atoms with Gasteiger partial charge in [-0.3, -0.25) is 4.79 Å². The third-order valence-corrected chi connectivity index (χ3v) is 2.48. The largest absolute Gasteiger partial charge is 0.466 e. The van der Waals surface area contributed by atoms with E-state index >= 15 is 0 Å². The van der Waals surface area contributed by atoms with Crippen molar-refractivity contribution in [2.75, 3.05) is 20.3 Å². The van der Waals surface area contributed by atoms with E-state index in [1.807, 2.05) is 41.5 Å². The lowest BCUT2D eigenvalue weighted by Gasteiger charge is -2.19. The average Bonchev–Trinajstić information content (AvgIpc) is 2.48. The third kappa shape index (κ3) is 16.7. The molecule has 0 heterocycles. The Morgan fingerprint density at radius 3 is 1.54 bits per heavy atom. The Bertz CT molecular complexity index is 517. The summed E-state index contributed by atoms with van der Waals surface area (Å²) in [6.45, 7) is 20.9. The van der Waals surface area contributed by atoms with E-state index in [1.54, 1.807) is 6.92 Å². The summed E-state index contributed by atoms with van der Waals surface area (Å²) < 4.78 is 14.4. The fraction of sp³-hybridized carbons (Fsp3) is 0.650. The normalized spacial score (nSPS) is 10.8. The summed E-state index contributed by atoms with van der Waals surface area (Å²) in [5, 5.41) is 0. The molecule has 0 fully saturated rings. The van der Waals surface area contributed by atoms with Crippen LogP contribution in [0.5, 0.6) is 0 Å². The predicted octanol–water partition coefficient (Wildman–Crippen LogP) is 3.85. The van der Waals surface area contributed by atoms with Gasteiger partial charge in [0.25, 0.3) is 0 Å². The lowest BCUT2D eigenvalue weighted by atomic mass is 9.98. The number of hydrogen-bond donors (Lipinski definition) is 0. The molecule has 0 aliphatic carbocycles. The van der Waals surface area contributed by atoms with Crippen molar-refractivity contribution in [2.45, 2.75) is 54.9 Å². The second-order valence-electron chi connectivity index (χ2n) is 8.41. The van der Waals surface area contributed by atoms with Gasteiger partial charge in [0.2, 0.25) is 0 Å². The molecule has 0 bridgehead atoms. The van der Waals surface area contributed by atoms with Gasteiger partial charge in [0.05, 0.1) is 26.7 Å². The van der Waals surface area contributed by atoms with Crippen molar-refractivity contribution in [3.63, 3.8) is 0 Å². The summed E-state index contributed by atoms with van der Waals surface area (Å²) >= 11 is 0. The molecule has 0 N–H and O–H groups in total. The highest BCUT2D eigenvalue weighted by molar-refractivity contribution is 5.93. The third-order valence-electron chi connectivity index (χ3n) is 2.48. The van der Waals surface area contributed by atoms with E-state index in [0.29, 0.717) is 18.8 Å². The maximum Gasteiger partial charge on any atom is 0.334 e. The first-order valence-electron chi connectivity index (χ1n) is 8.33. The molecule has 0 unspecified atom stereocenters. The maximum atomic E-state index is 11.6. The fourth-order valence-electron chi connectivity index (χ4n) is 1.15. The molecule has 0 atom stereocenters. The Morgan fingerprint density at radius 2 is 1.23 bits per heavy atom. The van der Waals surface area contributed by atoms with E-state index in [0.717, 1.165) is 0 Å². The van der Waals surface area contributed by atoms with Crippen molar-refractivity contribution in [2.24, 2.45) is 10.8 Å². The van der Waals surface area contributed by atoms with Gasteiger partial charge in [0, 0.05) is 11.1 Å². The van der Waals surface area contributed by atoms with E-state index in [9.17, 15) is 14.4 Å². The zero-order chi connectivity index (χ0) is 21.1. The topological polar surface area (TPSA) is 78.9 Å². The van der Waals surface area contributed by atoms with E-state index in [4.69, 9.17) is 9.47 Å². The Labute approximate surface area is 157 Å². The minimum Gasteiger partial charge on any atom is -0.466 e. The fourth-order valence-corrected chi connectivity index (χ4v) is 1.15. The highest BCUT2D eigenvalue weighted by Crippen LogP contribution is 2.16. The second-order valence-corrected chi connectivity index (χ2v) is 8.41. The van der Waals surface area contributed by atoms with Gasteiger partial charge in [0.15, 0.2) is 0 Å². The van der Waals surface area contributed by atoms with Crippen LogP contribution in [-0.2, 0) is 28.6 Å². The van der Waals surface area contributed by atoms with Gasteiger partial charge in [-0.15, -0.1) is 0 Å². The zero-order valence-electron chi connectivity index (χ0n) is 17.5. The van der Waals surface area contributed by atoms with E-state index < -0.39 is 11.9 Å². The molecule has 0 amide bonds. The van der Waals surface area contributed by atoms with Crippen LogP contribution in [0.1, 0.15) is 54.9 Å². The van der Waals surface area contributed by atoms with Crippen molar-refractivity contribution in [3.05, 3.63) is 24.3 Å². The van der Waals surface area contributed by atoms with Crippen molar-refractivity contribution < 1.29 is 28.6 Å². The van der Waals surface area contributed by atoms with Crippen LogP contribution in [0.15, 0.2) is 24.3 Å². The summed E-state index contributed by atoms with van der Waals surface area (Å²) in [4.78, 5) is 33.3. The van der Waals surface area contributed by atoms with Crippen LogP contribution in [0.2, 0.25) is 0 Å². The molecule has 6 nitrogen and oxygen atoms in total. The van der Waals surface area contributed by atoms with Crippen LogP contribution in [0.4, 0.5) is 0 Å². The monoisotopic (exact) mass is 370 g/mol. The number of hydrogen-bond acceptors (Lipinski definition) is 6. The van der Waals surface area contributed by atoms with E-state index in [-0.39, 0.29) is 28.8 Å². The molecule has 0 radical (unpaired) electrons. The molecule has 6 heteroatoms. The Hall–Kier alpha value is -2.11. The Morgan fingerprint density at radius 1 is 0.808 bits per heavy atom. The zero-order valence-corrected chi connectivity index (χ0v) is 17.5. The predicted molar refractivity (Wildman–Crippen MR) is 101 cm³/mol. The van der Waals surface area contributed by atoms with Crippen LogP contribution < -0.4 is 0 Å². The SMILES string of the molecule is C=C(C)C(=O)OC.C=C(CC(=O)OCC(C)(C)C)C(=O)OCC(C)(C)C. The molecule has 0 saturated carbocycles. The highest BCUT2D eigenvalue weighted by atomic mass is 16.5. The summed E-state index contributed by atoms with van der Waals surface area (Å²) in [6, 6.07) is 0. The summed E-state index contributed by atoms with van der Waals surface area (Å²) in [7, 11) is 1.33. The molecule has 0 aliphatic rings. The van der Waals surface area contributed by atoms with Crippen molar-refractivity contribution in [3.8, 4) is 0 Å². The lowest BCUT2D eigenvalue weighted by Crippen LogP contribution is -2.22. The summed E-state index contributed by atoms with van der Waals surface area (Å²) in [5.74, 6) is -1.34. The first kappa shape index (κ1) is 26.1. The molecule has 0 aliphatic heterocycles. The Balaban J connectivity index is 0. The number of carbonyl (C=O) groups excluding carboxylic acids is 3. The smallest absolute Gasteiger partial charge is 0.334 e. The lowest BCUT2D eigenvalue weighted by molar-refractivity contribution is -0.149. The quantitative estimate of drug-likeness (QED) is 0.401. The van der Waals surface area contributed by atoms with Crippen LogP contribution in [0.25, 0.3) is 0 Å². The van der Waals surface area contributed by atoms with Gasteiger partial charge < -0.3 is 14.2 Å². The van der Waals surface area contributed by atoms with Gasteiger partial charge in [-0.2, -0.15) is 0 Å². The second kappa shape index (κ2) is 11.5. The average molecular weight is 370 g/mol. The van der Waals surface area contributed by atoms with Crippen LogP contribution in [-0.4, -0.2) is 38.2 Å². The molecule has 0 saturated heterocycles. The minimum atomic E-state index is -0.539. The molecule has 0 aromatic carbocycles. The molecule has 0 rings (SSSR count). The number of ether oxygens (including phenoxy) is 3. The molecule has 0 spiro atoms. The van der Waals surface area contributed by atoms with Crippen LogP contribution in [0, 0.1) is 10.8 Å². The van der Waals surface area contributed by atoms with E-state index in [2.05, 4.69) is 17.9 Å². The number of carbonyl (C=O) groups is 3. The number of esters is 3. The maximum absolute atomic E-state index is 11.6. The van der Waals surface area contributed by atoms with Crippen LogP contribution in [0.3, 0.4) is 0 Å². The summed E-state index contributed by atoms with van der Waals surface area (Å²) in [6.07, 6.45) is -0.126. The van der Waals surface area contributed by atoms with Crippen LogP contribution >= 0.6 is 0 Å². The molecular weight excluding hydrogens is 336 g/mol. The molecule has 0 aromatic rings. The molecule has 0 aromatic heterocycles. The molecule has 26 heavy (non-hydrogen) atoms. The minimum absolute atomic E-state index is 0.0935. The summed E-state index contributed by atoms with van der Waals surface area (Å²) in [5.41, 5.74) is 0.359. The standard InChI is InChI=1S/C15H26O4.C5H8O2/c1-11(13(17)19-10-15(5,6)7)8-12(16)18-9-14(2,3)4;1-4(2)5(6)7-3/h1,8-10H2,2-7H3;1H2,2-3H3. The van der Waals surface area contributed by atoms with Gasteiger partial charge in [-0.05, 0) is 17.8 Å². The molecular formula is C20H34O6.